The number of pyridine rings is 1. The smallest absolute Gasteiger partial charge is 0.308 e. The van der Waals surface area contributed by atoms with E-state index >= 15 is 0 Å². The largest absolute Gasteiger partial charge is 0.481 e. The van der Waals surface area contributed by atoms with Crippen LogP contribution in [-0.4, -0.2) is 35.1 Å². The summed E-state index contributed by atoms with van der Waals surface area (Å²) in [7, 11) is 0. The topological polar surface area (TPSA) is 96.5 Å². The van der Waals surface area contributed by atoms with Crippen molar-refractivity contribution in [2.75, 3.05) is 18.0 Å². The molecule has 0 spiro atoms. The molecule has 0 aliphatic carbocycles. The van der Waals surface area contributed by atoms with E-state index in [1.807, 2.05) is 11.8 Å². The molecule has 1 amide bonds. The molecule has 0 unspecified atom stereocenters. The van der Waals surface area contributed by atoms with Crippen molar-refractivity contribution in [2.24, 2.45) is 17.6 Å². The lowest BCUT2D eigenvalue weighted by molar-refractivity contribution is -0.142. The molecule has 1 aromatic heterocycles. The van der Waals surface area contributed by atoms with Crippen LogP contribution in [0.3, 0.4) is 0 Å². The van der Waals surface area contributed by atoms with Crippen LogP contribution in [0, 0.1) is 11.8 Å². The minimum atomic E-state index is -0.795. The van der Waals surface area contributed by atoms with Crippen molar-refractivity contribution in [1.29, 1.82) is 0 Å². The van der Waals surface area contributed by atoms with E-state index in [-0.39, 0.29) is 11.6 Å². The van der Waals surface area contributed by atoms with Gasteiger partial charge in [0.25, 0.3) is 5.91 Å². The molecule has 6 heteroatoms. The standard InChI is InChI=1S/C12H15N3O3/c1-7-5-15(6-8(7)12(17)18)10-4-2-3-9(14-10)11(13)16/h2-4,7-8H,5-6H2,1H3,(H2,13,16)(H,17,18)/t7-,8-/m1/s1. The third-order valence-electron chi connectivity index (χ3n) is 3.24. The fraction of sp³-hybridized carbons (Fsp3) is 0.417. The second kappa shape index (κ2) is 4.64. The van der Waals surface area contributed by atoms with Crippen molar-refractivity contribution in [3.63, 3.8) is 0 Å². The number of hydrogen-bond acceptors (Lipinski definition) is 4. The van der Waals surface area contributed by atoms with Crippen LogP contribution >= 0.6 is 0 Å². The number of nitrogens with two attached hydrogens (primary N) is 1. The number of rotatable bonds is 3. The molecule has 1 saturated heterocycles. The number of anilines is 1. The van der Waals surface area contributed by atoms with Crippen LogP contribution in [0.25, 0.3) is 0 Å². The van der Waals surface area contributed by atoms with E-state index in [2.05, 4.69) is 4.98 Å². The zero-order valence-electron chi connectivity index (χ0n) is 10.0. The van der Waals surface area contributed by atoms with Crippen molar-refractivity contribution in [1.82, 2.24) is 4.98 Å². The zero-order chi connectivity index (χ0) is 13.3. The zero-order valence-corrected chi connectivity index (χ0v) is 10.0. The average Bonchev–Trinajstić information content (AvgIpc) is 2.71. The summed E-state index contributed by atoms with van der Waals surface area (Å²) in [4.78, 5) is 28.1. The second-order valence-electron chi connectivity index (χ2n) is 4.57. The van der Waals surface area contributed by atoms with Gasteiger partial charge in [-0.1, -0.05) is 13.0 Å². The summed E-state index contributed by atoms with van der Waals surface area (Å²) in [6, 6.07) is 4.99. The Labute approximate surface area is 104 Å². The van der Waals surface area contributed by atoms with Gasteiger partial charge in [0.1, 0.15) is 11.5 Å². The van der Waals surface area contributed by atoms with E-state index in [4.69, 9.17) is 10.8 Å². The molecule has 1 fully saturated rings. The van der Waals surface area contributed by atoms with Crippen LogP contribution in [-0.2, 0) is 4.79 Å². The molecular weight excluding hydrogens is 234 g/mol. The van der Waals surface area contributed by atoms with E-state index < -0.39 is 17.8 Å². The van der Waals surface area contributed by atoms with Crippen molar-refractivity contribution in [2.45, 2.75) is 6.92 Å². The van der Waals surface area contributed by atoms with Crippen LogP contribution in [0.2, 0.25) is 0 Å². The molecule has 1 aliphatic heterocycles. The van der Waals surface area contributed by atoms with Crippen LogP contribution in [0.1, 0.15) is 17.4 Å². The van der Waals surface area contributed by atoms with Gasteiger partial charge < -0.3 is 15.7 Å². The van der Waals surface area contributed by atoms with Gasteiger partial charge in [0.2, 0.25) is 0 Å². The highest BCUT2D eigenvalue weighted by molar-refractivity contribution is 5.91. The van der Waals surface area contributed by atoms with Crippen LogP contribution in [0.15, 0.2) is 18.2 Å². The normalized spacial score (nSPS) is 23.1. The Balaban J connectivity index is 2.21. The summed E-state index contributed by atoms with van der Waals surface area (Å²) in [5.41, 5.74) is 5.36. The summed E-state index contributed by atoms with van der Waals surface area (Å²) in [6.07, 6.45) is 0. The Morgan fingerprint density at radius 3 is 2.72 bits per heavy atom. The summed E-state index contributed by atoms with van der Waals surface area (Å²) < 4.78 is 0. The molecule has 3 N–H and O–H groups in total. The lowest BCUT2D eigenvalue weighted by Gasteiger charge is -2.17. The van der Waals surface area contributed by atoms with Crippen molar-refractivity contribution in [3.8, 4) is 0 Å². The van der Waals surface area contributed by atoms with Gasteiger partial charge in [0.05, 0.1) is 5.92 Å². The first-order valence-electron chi connectivity index (χ1n) is 5.73. The molecule has 0 aromatic carbocycles. The van der Waals surface area contributed by atoms with Gasteiger partial charge in [-0.05, 0) is 18.1 Å². The Hall–Kier alpha value is -2.11. The fourth-order valence-corrected chi connectivity index (χ4v) is 2.21. The number of carboxylic acids is 1. The van der Waals surface area contributed by atoms with Gasteiger partial charge in [-0.15, -0.1) is 0 Å². The molecule has 18 heavy (non-hydrogen) atoms. The van der Waals surface area contributed by atoms with Gasteiger partial charge in [0.15, 0.2) is 0 Å². The number of hydrogen-bond donors (Lipinski definition) is 2. The number of primary amides is 1. The molecule has 1 aliphatic rings. The van der Waals surface area contributed by atoms with Crippen molar-refractivity contribution < 1.29 is 14.7 Å². The number of carboxylic acid groups (broad SMARTS) is 1. The van der Waals surface area contributed by atoms with Crippen LogP contribution < -0.4 is 10.6 Å². The summed E-state index contributed by atoms with van der Waals surface area (Å²) in [5.74, 6) is -1.12. The number of aliphatic carboxylic acids is 1. The highest BCUT2D eigenvalue weighted by Gasteiger charge is 2.35. The number of aromatic nitrogens is 1. The van der Waals surface area contributed by atoms with E-state index in [1.165, 1.54) is 0 Å². The van der Waals surface area contributed by atoms with E-state index in [9.17, 15) is 9.59 Å². The molecule has 1 aromatic rings. The van der Waals surface area contributed by atoms with Gasteiger partial charge in [0, 0.05) is 13.1 Å². The lowest BCUT2D eigenvalue weighted by atomic mass is 9.99. The summed E-state index contributed by atoms with van der Waals surface area (Å²) in [5, 5.41) is 9.07. The van der Waals surface area contributed by atoms with Crippen molar-refractivity contribution >= 4 is 17.7 Å². The summed E-state index contributed by atoms with van der Waals surface area (Å²) in [6.45, 7) is 2.93. The van der Waals surface area contributed by atoms with Gasteiger partial charge in [-0.25, -0.2) is 4.98 Å². The minimum absolute atomic E-state index is 0.0570. The van der Waals surface area contributed by atoms with Crippen LogP contribution in [0.5, 0.6) is 0 Å². The fourth-order valence-electron chi connectivity index (χ4n) is 2.21. The maximum absolute atomic E-state index is 11.1. The second-order valence-corrected chi connectivity index (χ2v) is 4.57. The highest BCUT2D eigenvalue weighted by atomic mass is 16.4. The molecule has 96 valence electrons. The number of carbonyl (C=O) groups excluding carboxylic acids is 1. The predicted molar refractivity (Wildman–Crippen MR) is 65.3 cm³/mol. The number of amides is 1. The number of nitrogens with zero attached hydrogens (tertiary/aromatic N) is 2. The first-order chi connectivity index (χ1) is 8.49. The molecule has 2 rings (SSSR count). The first-order valence-corrected chi connectivity index (χ1v) is 5.73. The van der Waals surface area contributed by atoms with Gasteiger partial charge in [-0.3, -0.25) is 9.59 Å². The molecule has 0 saturated carbocycles. The first kappa shape index (κ1) is 12.3. The Morgan fingerprint density at radius 1 is 1.44 bits per heavy atom. The van der Waals surface area contributed by atoms with Gasteiger partial charge >= 0.3 is 5.97 Å². The Morgan fingerprint density at radius 2 is 2.17 bits per heavy atom. The lowest BCUT2D eigenvalue weighted by Crippen LogP contribution is -2.24. The quantitative estimate of drug-likeness (QED) is 0.805. The maximum Gasteiger partial charge on any atom is 0.308 e. The third-order valence-corrected chi connectivity index (χ3v) is 3.24. The third kappa shape index (κ3) is 2.27. The highest BCUT2D eigenvalue weighted by Crippen LogP contribution is 2.27. The van der Waals surface area contributed by atoms with Gasteiger partial charge in [-0.2, -0.15) is 0 Å². The SMILES string of the molecule is C[C@@H]1CN(c2cccc(C(N)=O)n2)C[C@H]1C(=O)O. The molecule has 6 nitrogen and oxygen atoms in total. The maximum atomic E-state index is 11.1. The monoisotopic (exact) mass is 249 g/mol. The average molecular weight is 249 g/mol. The van der Waals surface area contributed by atoms with Crippen LogP contribution in [0.4, 0.5) is 5.82 Å². The van der Waals surface area contributed by atoms with E-state index in [0.717, 1.165) is 0 Å². The molecule has 0 bridgehead atoms. The minimum Gasteiger partial charge on any atom is -0.481 e. The van der Waals surface area contributed by atoms with E-state index in [1.54, 1.807) is 18.2 Å². The molecule has 2 heterocycles. The molecule has 2 atom stereocenters. The predicted octanol–water partition coefficient (Wildman–Crippen LogP) is 0.337. The number of carbonyl (C=O) groups is 2. The Bertz CT molecular complexity index is 489. The Kier molecular flexibility index (Phi) is 3.18. The molecule has 0 radical (unpaired) electrons. The molecular formula is C12H15N3O3. The van der Waals surface area contributed by atoms with Crippen molar-refractivity contribution in [3.05, 3.63) is 23.9 Å². The van der Waals surface area contributed by atoms with E-state index in [0.29, 0.717) is 18.9 Å². The summed E-state index contributed by atoms with van der Waals surface area (Å²) >= 11 is 0.